The minimum atomic E-state index is -4.64. The van der Waals surface area contributed by atoms with Crippen LogP contribution in [0, 0.1) is 0 Å². The molecule has 0 aliphatic carbocycles. The van der Waals surface area contributed by atoms with Crippen LogP contribution in [0.1, 0.15) is 174 Å². The zero-order valence-electron chi connectivity index (χ0n) is 39.3. The van der Waals surface area contributed by atoms with Gasteiger partial charge in [-0.05, 0) is 70.6 Å². The maximum atomic E-state index is 12.7. The molecule has 10 heteroatoms. The van der Waals surface area contributed by atoms with Gasteiger partial charge < -0.3 is 27.9 Å². The van der Waals surface area contributed by atoms with Crippen molar-refractivity contribution in [3.8, 4) is 0 Å². The van der Waals surface area contributed by atoms with Crippen molar-refractivity contribution in [2.75, 3.05) is 47.5 Å². The van der Waals surface area contributed by atoms with Gasteiger partial charge in [-0.2, -0.15) is 0 Å². The normalized spacial score (nSPS) is 14.3. The van der Waals surface area contributed by atoms with Crippen LogP contribution >= 0.6 is 7.82 Å². The van der Waals surface area contributed by atoms with E-state index in [-0.39, 0.29) is 26.1 Å². The van der Waals surface area contributed by atoms with Gasteiger partial charge in [-0.15, -0.1) is 0 Å². The van der Waals surface area contributed by atoms with Crippen LogP contribution in [0.15, 0.2) is 85.1 Å². The van der Waals surface area contributed by atoms with Crippen LogP contribution in [-0.2, 0) is 32.7 Å². The largest absolute Gasteiger partial charge is 0.756 e. The maximum absolute atomic E-state index is 12.7. The second kappa shape index (κ2) is 42.5. The Morgan fingerprint density at radius 2 is 0.934 bits per heavy atom. The van der Waals surface area contributed by atoms with Gasteiger partial charge in [0, 0.05) is 12.8 Å². The van der Waals surface area contributed by atoms with E-state index in [0.717, 1.165) is 83.5 Å². The third-order valence-electron chi connectivity index (χ3n) is 9.68. The highest BCUT2D eigenvalue weighted by molar-refractivity contribution is 7.45. The molecule has 0 saturated heterocycles. The second-order valence-corrected chi connectivity index (χ2v) is 18.2. The molecular weight excluding hydrogens is 786 g/mol. The van der Waals surface area contributed by atoms with Crippen LogP contribution in [0.3, 0.4) is 0 Å². The molecule has 0 aliphatic rings. The number of rotatable bonds is 42. The zero-order valence-corrected chi connectivity index (χ0v) is 40.2. The van der Waals surface area contributed by atoms with Crippen LogP contribution in [-0.4, -0.2) is 70.0 Å². The minimum Gasteiger partial charge on any atom is -0.756 e. The number of unbranched alkanes of at least 4 members (excludes halogenated alkanes) is 14. The summed E-state index contributed by atoms with van der Waals surface area (Å²) >= 11 is 0. The maximum Gasteiger partial charge on any atom is 0.306 e. The number of phosphoric ester groups is 1. The number of carbonyl (C=O) groups excluding carboxylic acids is 2. The van der Waals surface area contributed by atoms with Crippen LogP contribution in [0.25, 0.3) is 0 Å². The van der Waals surface area contributed by atoms with Crippen molar-refractivity contribution >= 4 is 19.8 Å². The van der Waals surface area contributed by atoms with Crippen molar-refractivity contribution in [3.63, 3.8) is 0 Å². The number of nitrogens with zero attached hydrogens (tertiary/aromatic N) is 1. The lowest BCUT2D eigenvalue weighted by molar-refractivity contribution is -0.870. The SMILES string of the molecule is CC/C=C\C/C=C\C/C=C\C/C=C\C/C=C\C/C=C\C/C=C\CCCCCC(=O)OC(COC(=O)CCCCCCCCCCCCCC)COP(=O)([O-])OCC[N+](C)(C)C. The number of ether oxygens (including phenoxy) is 2. The predicted molar refractivity (Wildman–Crippen MR) is 254 cm³/mol. The average molecular weight is 874 g/mol. The molecule has 0 aliphatic heterocycles. The van der Waals surface area contributed by atoms with Gasteiger partial charge in [-0.1, -0.05) is 176 Å². The fourth-order valence-corrected chi connectivity index (χ4v) is 6.72. The molecule has 0 rings (SSSR count). The van der Waals surface area contributed by atoms with Crippen molar-refractivity contribution in [3.05, 3.63) is 85.1 Å². The van der Waals surface area contributed by atoms with E-state index in [9.17, 15) is 19.0 Å². The standard InChI is InChI=1S/C51H88NO8P/c1-6-8-10-12-14-16-18-20-21-22-23-24-25-26-27-28-29-30-31-32-34-36-38-40-42-44-51(54)60-49(48-59-61(55,56)58-46-45-52(3,4)5)47-57-50(53)43-41-39-37-35-33-19-17-15-13-11-9-7-2/h8,10,14,16,20-21,23-24,26-27,29-30,32,34,49H,6-7,9,11-13,15,17-19,22,25,28,31,33,35-48H2,1-5H3/b10-8-,16-14-,21-20-,24-23-,27-26-,30-29-,34-32-. The minimum absolute atomic E-state index is 0.0412. The number of esters is 2. The molecule has 9 nitrogen and oxygen atoms in total. The van der Waals surface area contributed by atoms with Gasteiger partial charge in [0.1, 0.15) is 19.8 Å². The summed E-state index contributed by atoms with van der Waals surface area (Å²) in [6.45, 7) is 4.06. The van der Waals surface area contributed by atoms with E-state index >= 15 is 0 Å². The predicted octanol–water partition coefficient (Wildman–Crippen LogP) is 13.3. The Balaban J connectivity index is 4.37. The fourth-order valence-electron chi connectivity index (χ4n) is 5.99. The highest BCUT2D eigenvalue weighted by Gasteiger charge is 2.21. The molecule has 0 heterocycles. The van der Waals surface area contributed by atoms with Crippen molar-refractivity contribution in [2.24, 2.45) is 0 Å². The topological polar surface area (TPSA) is 111 Å². The Morgan fingerprint density at radius 1 is 0.525 bits per heavy atom. The van der Waals surface area contributed by atoms with Crippen LogP contribution in [0.5, 0.6) is 0 Å². The molecule has 0 aromatic heterocycles. The molecule has 0 fully saturated rings. The molecule has 0 spiro atoms. The number of likely N-dealkylation sites (N-methyl/N-ethyl adjacent to an activating group) is 1. The van der Waals surface area contributed by atoms with Crippen LogP contribution in [0.2, 0.25) is 0 Å². The lowest BCUT2D eigenvalue weighted by Crippen LogP contribution is -2.37. The Labute approximate surface area is 373 Å². The molecule has 0 amide bonds. The summed E-state index contributed by atoms with van der Waals surface area (Å²) in [6.07, 6.45) is 54.7. The van der Waals surface area contributed by atoms with Gasteiger partial charge >= 0.3 is 11.9 Å². The van der Waals surface area contributed by atoms with E-state index in [0.29, 0.717) is 17.4 Å². The summed E-state index contributed by atoms with van der Waals surface area (Å²) in [5.41, 5.74) is 0. The van der Waals surface area contributed by atoms with Gasteiger partial charge in [0.25, 0.3) is 7.82 Å². The van der Waals surface area contributed by atoms with Crippen molar-refractivity contribution in [1.82, 2.24) is 0 Å². The third kappa shape index (κ3) is 46.5. The van der Waals surface area contributed by atoms with Crippen LogP contribution in [0.4, 0.5) is 0 Å². The molecule has 0 aromatic carbocycles. The van der Waals surface area contributed by atoms with E-state index in [1.165, 1.54) is 57.8 Å². The average Bonchev–Trinajstić information content (AvgIpc) is 3.21. The van der Waals surface area contributed by atoms with Gasteiger partial charge in [-0.3, -0.25) is 14.2 Å². The van der Waals surface area contributed by atoms with Crippen LogP contribution < -0.4 is 4.89 Å². The Kier molecular flexibility index (Phi) is 40.5. The molecule has 350 valence electrons. The summed E-state index contributed by atoms with van der Waals surface area (Å²) in [5.74, 6) is -0.878. The Morgan fingerprint density at radius 3 is 1.39 bits per heavy atom. The summed E-state index contributed by atoms with van der Waals surface area (Å²) in [4.78, 5) is 37.6. The van der Waals surface area contributed by atoms with Gasteiger partial charge in [0.05, 0.1) is 27.7 Å². The van der Waals surface area contributed by atoms with Crippen molar-refractivity contribution in [2.45, 2.75) is 180 Å². The van der Waals surface area contributed by atoms with Gasteiger partial charge in [0.15, 0.2) is 6.10 Å². The smallest absolute Gasteiger partial charge is 0.306 e. The summed E-state index contributed by atoms with van der Waals surface area (Å²) < 4.78 is 33.9. The highest BCUT2D eigenvalue weighted by atomic mass is 31.2. The third-order valence-corrected chi connectivity index (χ3v) is 10.6. The number of carbonyl (C=O) groups is 2. The molecule has 0 bridgehead atoms. The summed E-state index contributed by atoms with van der Waals surface area (Å²) in [5, 5.41) is 0. The first-order chi connectivity index (χ1) is 29.5. The lowest BCUT2D eigenvalue weighted by Gasteiger charge is -2.28. The quantitative estimate of drug-likeness (QED) is 0.0196. The summed E-state index contributed by atoms with van der Waals surface area (Å²) in [6, 6.07) is 0. The highest BCUT2D eigenvalue weighted by Crippen LogP contribution is 2.38. The molecule has 0 N–H and O–H groups in total. The molecule has 0 saturated carbocycles. The van der Waals surface area contributed by atoms with E-state index in [1.54, 1.807) is 0 Å². The van der Waals surface area contributed by atoms with Gasteiger partial charge in [0.2, 0.25) is 0 Å². The van der Waals surface area contributed by atoms with E-state index < -0.39 is 32.5 Å². The first-order valence-electron chi connectivity index (χ1n) is 23.8. The molecular formula is C51H88NO8P. The van der Waals surface area contributed by atoms with Gasteiger partial charge in [-0.25, -0.2) is 0 Å². The number of hydrogen-bond acceptors (Lipinski definition) is 8. The zero-order chi connectivity index (χ0) is 45.0. The summed E-state index contributed by atoms with van der Waals surface area (Å²) in [7, 11) is 1.13. The first kappa shape index (κ1) is 58.2. The Bertz CT molecular complexity index is 1310. The molecule has 61 heavy (non-hydrogen) atoms. The van der Waals surface area contributed by atoms with E-state index in [1.807, 2.05) is 21.1 Å². The molecule has 2 atom stereocenters. The Hall–Kier alpha value is -2.81. The number of hydrogen-bond donors (Lipinski definition) is 0. The van der Waals surface area contributed by atoms with E-state index in [4.69, 9.17) is 18.5 Å². The molecule has 2 unspecified atom stereocenters. The first-order valence-corrected chi connectivity index (χ1v) is 25.3. The van der Waals surface area contributed by atoms with Crippen molar-refractivity contribution in [1.29, 1.82) is 0 Å². The van der Waals surface area contributed by atoms with Crippen molar-refractivity contribution < 1.29 is 42.1 Å². The number of phosphoric acid groups is 1. The monoisotopic (exact) mass is 874 g/mol. The number of quaternary nitrogens is 1. The second-order valence-electron chi connectivity index (χ2n) is 16.7. The molecule has 0 radical (unpaired) electrons. The lowest BCUT2D eigenvalue weighted by atomic mass is 10.0. The number of allylic oxidation sites excluding steroid dienone is 14. The fraction of sp³-hybridized carbons (Fsp3) is 0.686. The molecule has 0 aromatic rings. The van der Waals surface area contributed by atoms with E-state index in [2.05, 4.69) is 98.9 Å².